The number of rotatable bonds is 20. The average molecular weight is 487 g/mol. The normalized spacial score (nSPS) is 11.0. The molecule has 0 spiro atoms. The number of carbonyl (C=O) groups excluding carboxylic acids is 1. The summed E-state index contributed by atoms with van der Waals surface area (Å²) in [4.78, 5) is 21.4. The molecule has 25 heavy (non-hydrogen) atoms. The fraction of sp³-hybridized carbons (Fsp3) is 0.923. The number of thioether (sulfide) groups is 7. The van der Waals surface area contributed by atoms with Crippen LogP contribution >= 0.6 is 82.3 Å². The number of esters is 1. The smallest absolute Gasteiger partial charge is 0.316 e. The predicted octanol–water partition coefficient (Wildman–Crippen LogP) is 3.98. The summed E-state index contributed by atoms with van der Waals surface area (Å²) in [6.07, 6.45) is 2.03. The number of hydrogen-bond donors (Lipinski definition) is 1. The summed E-state index contributed by atoms with van der Waals surface area (Å²) >= 11 is 11.9. The van der Waals surface area contributed by atoms with Crippen molar-refractivity contribution in [3.8, 4) is 0 Å². The topological polar surface area (TPSA) is 65.0 Å². The molecule has 0 rings (SSSR count). The van der Waals surface area contributed by atoms with E-state index >= 15 is 0 Å². The van der Waals surface area contributed by atoms with Gasteiger partial charge in [0.15, 0.2) is 0 Å². The molecule has 0 heterocycles. The average Bonchev–Trinajstić information content (AvgIpc) is 2.62. The molecule has 0 aromatic carbocycles. The Morgan fingerprint density at radius 3 is 2.16 bits per heavy atom. The molecule has 0 bridgehead atoms. The molecule has 0 aliphatic rings. The lowest BCUT2D eigenvalue weighted by Gasteiger charge is -2.05. The molecule has 150 valence electrons. The molecule has 12 heteroatoms. The number of ether oxygens (including phenoxy) is 1. The summed E-state index contributed by atoms with van der Waals surface area (Å²) in [6.45, 7) is 1.08. The summed E-state index contributed by atoms with van der Waals surface area (Å²) in [5, 5.41) is 12.5. The standard InChI is InChI=1S/C13H26O5S7/c1-19-9-23-8-16-13(15)6-22-11-25-12-24-10-21-5-3-18-17-2-4-20-7-14/h14H,2-12H2,1H3. The maximum absolute atomic E-state index is 11.4. The first-order chi connectivity index (χ1) is 12.3. The van der Waals surface area contributed by atoms with Crippen LogP contribution < -0.4 is 0 Å². The Kier molecular flexibility index (Phi) is 25.6. The summed E-state index contributed by atoms with van der Waals surface area (Å²) in [5.41, 5.74) is 0. The molecule has 0 saturated heterocycles. The van der Waals surface area contributed by atoms with Crippen molar-refractivity contribution in [1.29, 1.82) is 0 Å². The zero-order valence-corrected chi connectivity index (χ0v) is 19.9. The van der Waals surface area contributed by atoms with Crippen molar-refractivity contribution in [2.45, 2.75) is 0 Å². The molecule has 5 nitrogen and oxygen atoms in total. The molecular formula is C13H26O5S7. The second-order valence-corrected chi connectivity index (χ2v) is 12.3. The fourth-order valence-corrected chi connectivity index (χ4v) is 6.96. The summed E-state index contributed by atoms with van der Waals surface area (Å²) in [7, 11) is 0. The van der Waals surface area contributed by atoms with Crippen LogP contribution in [0.3, 0.4) is 0 Å². The Labute approximate surface area is 180 Å². The second kappa shape index (κ2) is 23.8. The van der Waals surface area contributed by atoms with Crippen molar-refractivity contribution in [2.24, 2.45) is 0 Å². The van der Waals surface area contributed by atoms with Crippen LogP contribution in [0.5, 0.6) is 0 Å². The largest absolute Gasteiger partial charge is 0.454 e. The third-order valence-electron chi connectivity index (χ3n) is 2.02. The molecule has 1 N–H and O–H groups in total. The Balaban J connectivity index is 3.08. The van der Waals surface area contributed by atoms with Crippen molar-refractivity contribution >= 4 is 88.3 Å². The van der Waals surface area contributed by atoms with Crippen molar-refractivity contribution in [3.05, 3.63) is 0 Å². The van der Waals surface area contributed by atoms with Crippen LogP contribution in [-0.4, -0.2) is 80.0 Å². The third kappa shape index (κ3) is 23.8. The molecule has 0 fully saturated rings. The van der Waals surface area contributed by atoms with Crippen molar-refractivity contribution in [3.63, 3.8) is 0 Å². The van der Waals surface area contributed by atoms with Gasteiger partial charge in [-0.05, 0) is 6.26 Å². The highest BCUT2D eigenvalue weighted by Gasteiger charge is 2.02. The van der Waals surface area contributed by atoms with Crippen LogP contribution in [0.1, 0.15) is 0 Å². The van der Waals surface area contributed by atoms with E-state index in [0.717, 1.165) is 31.8 Å². The van der Waals surface area contributed by atoms with Gasteiger partial charge in [-0.15, -0.1) is 70.6 Å². The lowest BCUT2D eigenvalue weighted by molar-refractivity contribution is -0.285. The van der Waals surface area contributed by atoms with Gasteiger partial charge < -0.3 is 9.84 Å². The number of aliphatic hydroxyl groups excluding tert-OH is 1. The van der Waals surface area contributed by atoms with Gasteiger partial charge in [-0.1, -0.05) is 0 Å². The molecule has 0 aromatic rings. The van der Waals surface area contributed by atoms with E-state index in [1.165, 1.54) is 11.8 Å². The van der Waals surface area contributed by atoms with Crippen LogP contribution in [-0.2, 0) is 19.3 Å². The van der Waals surface area contributed by atoms with E-state index < -0.39 is 0 Å². The van der Waals surface area contributed by atoms with Crippen LogP contribution in [0, 0.1) is 0 Å². The molecule has 0 aromatic heterocycles. The van der Waals surface area contributed by atoms with Gasteiger partial charge in [0.1, 0.15) is 5.94 Å². The Hall–Kier alpha value is 1.80. The van der Waals surface area contributed by atoms with Crippen LogP contribution in [0.15, 0.2) is 0 Å². The van der Waals surface area contributed by atoms with Gasteiger partial charge in [0.2, 0.25) is 0 Å². The SMILES string of the molecule is CSCSCOC(=O)CSCSCSCSCCOOCCSCO. The fourth-order valence-electron chi connectivity index (χ4n) is 1.06. The zero-order valence-electron chi connectivity index (χ0n) is 14.2. The number of hydrogen-bond acceptors (Lipinski definition) is 12. The molecule has 0 saturated carbocycles. The highest BCUT2D eigenvalue weighted by Crippen LogP contribution is 2.21. The van der Waals surface area contributed by atoms with E-state index in [9.17, 15) is 4.79 Å². The predicted molar refractivity (Wildman–Crippen MR) is 123 cm³/mol. The monoisotopic (exact) mass is 486 g/mol. The van der Waals surface area contributed by atoms with Gasteiger partial charge in [-0.25, -0.2) is 9.78 Å². The summed E-state index contributed by atoms with van der Waals surface area (Å²) in [6, 6.07) is 0. The number of carbonyl (C=O) groups is 1. The maximum Gasteiger partial charge on any atom is 0.316 e. The van der Waals surface area contributed by atoms with E-state index in [1.54, 1.807) is 35.3 Å². The zero-order chi connectivity index (χ0) is 18.4. The highest BCUT2D eigenvalue weighted by atomic mass is 32.2. The van der Waals surface area contributed by atoms with E-state index in [-0.39, 0.29) is 11.9 Å². The maximum atomic E-state index is 11.4. The number of aliphatic hydroxyl groups is 1. The minimum absolute atomic E-state index is 0.120. The molecule has 0 unspecified atom stereocenters. The first-order valence-corrected chi connectivity index (χ1v) is 15.6. The van der Waals surface area contributed by atoms with Crippen molar-refractivity contribution in [2.75, 3.05) is 68.9 Å². The first-order valence-electron chi connectivity index (χ1n) is 7.27. The minimum atomic E-state index is -0.125. The highest BCUT2D eigenvalue weighted by molar-refractivity contribution is 8.26. The molecule has 0 aliphatic heterocycles. The van der Waals surface area contributed by atoms with E-state index in [0.29, 0.717) is 24.9 Å². The molecular weight excluding hydrogens is 461 g/mol. The first kappa shape index (κ1) is 26.8. The lowest BCUT2D eigenvalue weighted by atomic mass is 10.8. The molecule has 0 radical (unpaired) electrons. The molecule has 0 aliphatic carbocycles. The van der Waals surface area contributed by atoms with Crippen LogP contribution in [0.4, 0.5) is 0 Å². The van der Waals surface area contributed by atoms with Gasteiger partial charge in [-0.2, -0.15) is 11.8 Å². The second-order valence-electron chi connectivity index (χ2n) is 3.94. The summed E-state index contributed by atoms with van der Waals surface area (Å²) in [5.74, 6) is 2.52. The Morgan fingerprint density at radius 1 is 0.840 bits per heavy atom. The van der Waals surface area contributed by atoms with Crippen molar-refractivity contribution in [1.82, 2.24) is 0 Å². The quantitative estimate of drug-likeness (QED) is 0.0890. The molecule has 0 amide bonds. The lowest BCUT2D eigenvalue weighted by Crippen LogP contribution is -2.07. The Morgan fingerprint density at radius 2 is 1.48 bits per heavy atom. The van der Waals surface area contributed by atoms with Gasteiger partial charge in [-0.3, -0.25) is 4.79 Å². The minimum Gasteiger partial charge on any atom is -0.454 e. The van der Waals surface area contributed by atoms with Crippen LogP contribution in [0.2, 0.25) is 0 Å². The van der Waals surface area contributed by atoms with E-state index in [2.05, 4.69) is 0 Å². The van der Waals surface area contributed by atoms with Gasteiger partial charge in [0.05, 0.1) is 24.9 Å². The van der Waals surface area contributed by atoms with Gasteiger partial charge in [0.25, 0.3) is 0 Å². The van der Waals surface area contributed by atoms with Gasteiger partial charge >= 0.3 is 5.97 Å². The van der Waals surface area contributed by atoms with Gasteiger partial charge in [0, 0.05) is 31.8 Å². The van der Waals surface area contributed by atoms with E-state index in [4.69, 9.17) is 19.6 Å². The summed E-state index contributed by atoms with van der Waals surface area (Å²) < 4.78 is 5.10. The van der Waals surface area contributed by atoms with Crippen LogP contribution in [0.25, 0.3) is 0 Å². The molecule has 0 atom stereocenters. The Bertz CT molecular complexity index is 289. The van der Waals surface area contributed by atoms with Crippen molar-refractivity contribution < 1.29 is 24.4 Å². The third-order valence-corrected chi connectivity index (χ3v) is 9.45. The van der Waals surface area contributed by atoms with E-state index in [1.807, 2.05) is 41.5 Å².